The quantitative estimate of drug-likeness (QED) is 0.723. The number of esters is 1. The molecule has 2 heterocycles. The van der Waals surface area contributed by atoms with Crippen LogP contribution in [0.5, 0.6) is 5.75 Å². The molecule has 0 aromatic heterocycles. The van der Waals surface area contributed by atoms with Crippen LogP contribution in [-0.4, -0.2) is 25.2 Å². The van der Waals surface area contributed by atoms with Crippen LogP contribution in [0.15, 0.2) is 30.3 Å². The number of nitrogens with zero attached hydrogens (tertiary/aromatic N) is 1. The van der Waals surface area contributed by atoms with E-state index in [0.29, 0.717) is 40.6 Å². The average molecular weight is 406 g/mol. The molecule has 0 N–H and O–H groups in total. The Morgan fingerprint density at radius 3 is 2.93 bits per heavy atom. The lowest BCUT2D eigenvalue weighted by Crippen LogP contribution is -2.24. The third-order valence-electron chi connectivity index (χ3n) is 4.66. The monoisotopic (exact) mass is 405 g/mol. The summed E-state index contributed by atoms with van der Waals surface area (Å²) in [6.07, 6.45) is 1.21. The van der Waals surface area contributed by atoms with Crippen LogP contribution in [0.25, 0.3) is 0 Å². The predicted molar refractivity (Wildman–Crippen MR) is 98.8 cm³/mol. The molecule has 0 saturated carbocycles. The van der Waals surface area contributed by atoms with Crippen molar-refractivity contribution in [3.05, 3.63) is 57.9 Å². The van der Waals surface area contributed by atoms with E-state index in [4.69, 9.17) is 25.8 Å². The van der Waals surface area contributed by atoms with Crippen molar-refractivity contribution in [2.75, 3.05) is 18.2 Å². The zero-order chi connectivity index (χ0) is 19.7. The van der Waals surface area contributed by atoms with E-state index < -0.39 is 11.8 Å². The highest BCUT2D eigenvalue weighted by molar-refractivity contribution is 6.34. The SMILES string of the molecule is O=C(OCc1cc(F)cc2c1OCOC2)c1ccc(Cl)c(N2CCCC2=O)c1. The molecule has 146 valence electrons. The third kappa shape index (κ3) is 3.68. The number of fused-ring (bicyclic) bond motifs is 1. The van der Waals surface area contributed by atoms with Gasteiger partial charge in [0.2, 0.25) is 5.91 Å². The predicted octanol–water partition coefficient (Wildman–Crippen LogP) is 3.83. The minimum atomic E-state index is -0.602. The topological polar surface area (TPSA) is 65.1 Å². The molecule has 0 radical (unpaired) electrons. The summed E-state index contributed by atoms with van der Waals surface area (Å²) in [7, 11) is 0. The van der Waals surface area contributed by atoms with Gasteiger partial charge in [-0.05, 0) is 36.8 Å². The number of carbonyl (C=O) groups excluding carboxylic acids is 2. The maximum Gasteiger partial charge on any atom is 0.338 e. The second-order valence-corrected chi connectivity index (χ2v) is 6.96. The van der Waals surface area contributed by atoms with Crippen molar-refractivity contribution in [3.8, 4) is 5.75 Å². The van der Waals surface area contributed by atoms with E-state index in [1.807, 2.05) is 0 Å². The molecule has 6 nitrogen and oxygen atoms in total. The summed E-state index contributed by atoms with van der Waals surface area (Å²) in [5, 5.41) is 0.388. The first-order chi connectivity index (χ1) is 13.5. The second-order valence-electron chi connectivity index (χ2n) is 6.56. The number of halogens is 2. The fourth-order valence-electron chi connectivity index (χ4n) is 3.34. The van der Waals surface area contributed by atoms with Gasteiger partial charge in [-0.15, -0.1) is 0 Å². The van der Waals surface area contributed by atoms with Crippen molar-refractivity contribution >= 4 is 29.2 Å². The van der Waals surface area contributed by atoms with Gasteiger partial charge < -0.3 is 19.1 Å². The van der Waals surface area contributed by atoms with Crippen LogP contribution in [0.2, 0.25) is 5.02 Å². The van der Waals surface area contributed by atoms with E-state index >= 15 is 0 Å². The second kappa shape index (κ2) is 7.77. The van der Waals surface area contributed by atoms with E-state index in [1.54, 1.807) is 17.0 Å². The summed E-state index contributed by atoms with van der Waals surface area (Å²) in [6, 6.07) is 7.23. The van der Waals surface area contributed by atoms with Gasteiger partial charge in [-0.3, -0.25) is 4.79 Å². The average Bonchev–Trinajstić information content (AvgIpc) is 3.11. The molecule has 1 saturated heterocycles. The molecule has 0 bridgehead atoms. The number of rotatable bonds is 4. The third-order valence-corrected chi connectivity index (χ3v) is 4.98. The van der Waals surface area contributed by atoms with Gasteiger partial charge in [-0.1, -0.05) is 11.6 Å². The first-order valence-electron chi connectivity index (χ1n) is 8.82. The molecule has 28 heavy (non-hydrogen) atoms. The van der Waals surface area contributed by atoms with Gasteiger partial charge in [0.05, 0.1) is 22.9 Å². The van der Waals surface area contributed by atoms with Crippen LogP contribution < -0.4 is 9.64 Å². The largest absolute Gasteiger partial charge is 0.467 e. The highest BCUT2D eigenvalue weighted by Gasteiger charge is 2.25. The van der Waals surface area contributed by atoms with Gasteiger partial charge >= 0.3 is 5.97 Å². The number of amides is 1. The molecule has 2 aliphatic heterocycles. The van der Waals surface area contributed by atoms with E-state index in [-0.39, 0.29) is 31.5 Å². The van der Waals surface area contributed by atoms with Crippen molar-refractivity contribution in [2.45, 2.75) is 26.1 Å². The summed E-state index contributed by atoms with van der Waals surface area (Å²) in [4.78, 5) is 26.0. The van der Waals surface area contributed by atoms with Crippen LogP contribution in [0.1, 0.15) is 34.3 Å². The smallest absolute Gasteiger partial charge is 0.338 e. The van der Waals surface area contributed by atoms with Gasteiger partial charge in [0, 0.05) is 24.1 Å². The van der Waals surface area contributed by atoms with Gasteiger partial charge in [-0.2, -0.15) is 0 Å². The summed E-state index contributed by atoms with van der Waals surface area (Å²) in [6.45, 7) is 0.702. The van der Waals surface area contributed by atoms with Gasteiger partial charge in [0.1, 0.15) is 18.2 Å². The standard InChI is InChI=1S/C20H17ClFNO5/c21-16-4-3-12(8-17(16)23-5-1-2-18(23)24)20(25)27-10-14-7-15(22)6-13-9-26-11-28-19(13)14/h3-4,6-8H,1-2,5,9-11H2. The molecule has 2 aromatic rings. The van der Waals surface area contributed by atoms with Crippen molar-refractivity contribution in [3.63, 3.8) is 0 Å². The summed E-state index contributed by atoms with van der Waals surface area (Å²) in [5.41, 5.74) is 1.74. The maximum absolute atomic E-state index is 13.8. The van der Waals surface area contributed by atoms with E-state index in [1.165, 1.54) is 18.2 Å². The Morgan fingerprint density at radius 2 is 2.14 bits per heavy atom. The molecule has 0 aliphatic carbocycles. The minimum Gasteiger partial charge on any atom is -0.467 e. The first-order valence-corrected chi connectivity index (χ1v) is 9.19. The minimum absolute atomic E-state index is 0.0295. The summed E-state index contributed by atoms with van der Waals surface area (Å²) in [5.74, 6) is -0.618. The molecular formula is C20H17ClFNO5. The van der Waals surface area contributed by atoms with Crippen LogP contribution in [0.3, 0.4) is 0 Å². The molecule has 8 heteroatoms. The zero-order valence-electron chi connectivity index (χ0n) is 14.9. The molecule has 4 rings (SSSR count). The Bertz CT molecular complexity index is 948. The number of anilines is 1. The highest BCUT2D eigenvalue weighted by atomic mass is 35.5. The van der Waals surface area contributed by atoms with E-state index in [2.05, 4.69) is 0 Å². The van der Waals surface area contributed by atoms with Gasteiger partial charge in [0.25, 0.3) is 0 Å². The fraction of sp³-hybridized carbons (Fsp3) is 0.300. The van der Waals surface area contributed by atoms with Gasteiger partial charge in [-0.25, -0.2) is 9.18 Å². The van der Waals surface area contributed by atoms with Gasteiger partial charge in [0.15, 0.2) is 6.79 Å². The normalized spacial score (nSPS) is 15.9. The number of hydrogen-bond acceptors (Lipinski definition) is 5. The van der Waals surface area contributed by atoms with E-state index in [9.17, 15) is 14.0 Å². The fourth-order valence-corrected chi connectivity index (χ4v) is 3.56. The van der Waals surface area contributed by atoms with Crippen molar-refractivity contribution in [1.29, 1.82) is 0 Å². The number of benzene rings is 2. The molecule has 1 fully saturated rings. The maximum atomic E-state index is 13.8. The van der Waals surface area contributed by atoms with Crippen LogP contribution >= 0.6 is 11.6 Å². The Hall–Kier alpha value is -2.64. The summed E-state index contributed by atoms with van der Waals surface area (Å²) < 4.78 is 29.7. The number of ether oxygens (including phenoxy) is 3. The highest BCUT2D eigenvalue weighted by Crippen LogP contribution is 2.32. The molecule has 0 atom stereocenters. The Morgan fingerprint density at radius 1 is 1.29 bits per heavy atom. The number of hydrogen-bond donors (Lipinski definition) is 0. The molecular weight excluding hydrogens is 389 g/mol. The summed E-state index contributed by atoms with van der Waals surface area (Å²) >= 11 is 6.20. The lowest BCUT2D eigenvalue weighted by molar-refractivity contribution is -0.117. The number of carbonyl (C=O) groups is 2. The van der Waals surface area contributed by atoms with Crippen LogP contribution in [0.4, 0.5) is 10.1 Å². The van der Waals surface area contributed by atoms with Crippen molar-refractivity contribution < 1.29 is 28.2 Å². The molecule has 2 aliphatic rings. The van der Waals surface area contributed by atoms with Crippen molar-refractivity contribution in [1.82, 2.24) is 0 Å². The first kappa shape index (κ1) is 18.7. The Kier molecular flexibility index (Phi) is 5.19. The molecule has 0 unspecified atom stereocenters. The molecule has 0 spiro atoms. The Labute approximate surface area is 165 Å². The van der Waals surface area contributed by atoms with Crippen molar-refractivity contribution in [2.24, 2.45) is 0 Å². The lowest BCUT2D eigenvalue weighted by Gasteiger charge is -2.21. The lowest BCUT2D eigenvalue weighted by atomic mass is 10.1. The molecule has 2 aromatic carbocycles. The Balaban J connectivity index is 1.52. The van der Waals surface area contributed by atoms with Crippen LogP contribution in [0, 0.1) is 5.82 Å². The van der Waals surface area contributed by atoms with Crippen LogP contribution in [-0.2, 0) is 27.5 Å². The molecule has 1 amide bonds. The van der Waals surface area contributed by atoms with E-state index in [0.717, 1.165) is 6.42 Å². The zero-order valence-corrected chi connectivity index (χ0v) is 15.6.